The summed E-state index contributed by atoms with van der Waals surface area (Å²) in [4.78, 5) is 38.1. The van der Waals surface area contributed by atoms with Crippen LogP contribution in [-0.2, 0) is 4.79 Å². The predicted molar refractivity (Wildman–Crippen MR) is 90.6 cm³/mol. The Balaban J connectivity index is 1.41. The molecule has 0 radical (unpaired) electrons. The molecule has 4 rings (SSSR count). The molecule has 3 aliphatic rings. The van der Waals surface area contributed by atoms with Crippen LogP contribution in [-0.4, -0.2) is 47.3 Å². The second kappa shape index (κ2) is 5.97. The largest absolute Gasteiger partial charge is 0.352 e. The molecule has 3 aliphatic heterocycles. The van der Waals surface area contributed by atoms with E-state index in [1.165, 1.54) is 0 Å². The number of nitrogens with zero attached hydrogens (tertiary/aromatic N) is 1. The van der Waals surface area contributed by atoms with Crippen molar-refractivity contribution in [3.8, 4) is 0 Å². The van der Waals surface area contributed by atoms with E-state index in [1.807, 2.05) is 0 Å². The minimum Gasteiger partial charge on any atom is -0.352 e. The Hall–Kier alpha value is -1.73. The zero-order chi connectivity index (χ0) is 16.8. The fraction of sp³-hybridized carbons (Fsp3) is 0.471. The third kappa shape index (κ3) is 2.75. The summed E-state index contributed by atoms with van der Waals surface area (Å²) < 4.78 is 0.735. The van der Waals surface area contributed by atoms with Crippen molar-refractivity contribution in [2.45, 2.75) is 43.8 Å². The first-order valence-electron chi connectivity index (χ1n) is 8.22. The molecule has 6 nitrogen and oxygen atoms in total. The van der Waals surface area contributed by atoms with Gasteiger partial charge in [-0.2, -0.15) is 0 Å². The van der Waals surface area contributed by atoms with Crippen molar-refractivity contribution in [2.24, 2.45) is 0 Å². The zero-order valence-electron chi connectivity index (χ0n) is 13.0. The minimum absolute atomic E-state index is 0.126. The Kier molecular flexibility index (Phi) is 3.92. The number of nitrogens with one attached hydrogen (secondary N) is 2. The molecule has 0 aliphatic carbocycles. The Morgan fingerprint density at radius 2 is 1.83 bits per heavy atom. The van der Waals surface area contributed by atoms with E-state index in [2.05, 4.69) is 26.6 Å². The molecule has 1 aromatic carbocycles. The van der Waals surface area contributed by atoms with Gasteiger partial charge in [0, 0.05) is 22.6 Å². The van der Waals surface area contributed by atoms with Crippen molar-refractivity contribution in [3.63, 3.8) is 0 Å². The molecule has 126 valence electrons. The smallest absolute Gasteiger partial charge is 0.262 e. The lowest BCUT2D eigenvalue weighted by Gasteiger charge is -2.30. The van der Waals surface area contributed by atoms with Crippen LogP contribution >= 0.6 is 15.9 Å². The number of imide groups is 1. The average Bonchev–Trinajstić information content (AvgIpc) is 2.99. The maximum absolute atomic E-state index is 12.4. The van der Waals surface area contributed by atoms with Gasteiger partial charge >= 0.3 is 0 Å². The highest BCUT2D eigenvalue weighted by Gasteiger charge is 2.38. The molecule has 2 atom stereocenters. The SMILES string of the molecule is O=C(CN1C(=O)c2ccc(Br)cc2C1=O)NC1CC2CCC(C1)N2. The molecule has 24 heavy (non-hydrogen) atoms. The van der Waals surface area contributed by atoms with Crippen LogP contribution < -0.4 is 10.6 Å². The summed E-state index contributed by atoms with van der Waals surface area (Å²) in [5.74, 6) is -1.07. The number of amides is 3. The molecule has 2 saturated heterocycles. The van der Waals surface area contributed by atoms with Crippen molar-refractivity contribution in [1.29, 1.82) is 0 Å². The second-order valence-corrected chi connectivity index (χ2v) is 7.68. The zero-order valence-corrected chi connectivity index (χ0v) is 14.6. The van der Waals surface area contributed by atoms with Crippen LogP contribution in [0.15, 0.2) is 22.7 Å². The fourth-order valence-electron chi connectivity index (χ4n) is 4.00. The molecule has 0 spiro atoms. The monoisotopic (exact) mass is 391 g/mol. The molecule has 2 fully saturated rings. The van der Waals surface area contributed by atoms with Gasteiger partial charge in [-0.05, 0) is 43.9 Å². The van der Waals surface area contributed by atoms with E-state index in [9.17, 15) is 14.4 Å². The van der Waals surface area contributed by atoms with Crippen LogP contribution in [0.5, 0.6) is 0 Å². The van der Waals surface area contributed by atoms with Gasteiger partial charge in [0.2, 0.25) is 5.91 Å². The minimum atomic E-state index is -0.406. The van der Waals surface area contributed by atoms with Gasteiger partial charge in [0.1, 0.15) is 6.54 Å². The molecule has 1 aromatic rings. The lowest BCUT2D eigenvalue weighted by Crippen LogP contribution is -2.50. The van der Waals surface area contributed by atoms with E-state index in [-0.39, 0.29) is 18.5 Å². The third-order valence-electron chi connectivity index (χ3n) is 5.07. The first kappa shape index (κ1) is 15.8. The summed E-state index contributed by atoms with van der Waals surface area (Å²) >= 11 is 3.30. The molecular formula is C17H18BrN3O3. The molecule has 3 heterocycles. The van der Waals surface area contributed by atoms with Crippen molar-refractivity contribution in [1.82, 2.24) is 15.5 Å². The Bertz CT molecular complexity index is 724. The topological polar surface area (TPSA) is 78.5 Å². The number of hydrogen-bond donors (Lipinski definition) is 2. The highest BCUT2D eigenvalue weighted by Crippen LogP contribution is 2.28. The molecule has 3 amide bonds. The van der Waals surface area contributed by atoms with Crippen LogP contribution in [0.4, 0.5) is 0 Å². The van der Waals surface area contributed by atoms with Crippen LogP contribution in [0.2, 0.25) is 0 Å². The molecule has 2 bridgehead atoms. The van der Waals surface area contributed by atoms with Gasteiger partial charge in [-0.25, -0.2) is 0 Å². The number of piperidine rings is 1. The van der Waals surface area contributed by atoms with Gasteiger partial charge < -0.3 is 10.6 Å². The second-order valence-electron chi connectivity index (χ2n) is 6.76. The maximum Gasteiger partial charge on any atom is 0.262 e. The number of rotatable bonds is 3. The first-order valence-corrected chi connectivity index (χ1v) is 9.01. The summed E-state index contributed by atoms with van der Waals surface area (Å²) in [6, 6.07) is 6.04. The maximum atomic E-state index is 12.4. The highest BCUT2D eigenvalue weighted by molar-refractivity contribution is 9.10. The van der Waals surface area contributed by atoms with Gasteiger partial charge in [0.25, 0.3) is 11.8 Å². The molecule has 7 heteroatoms. The Morgan fingerprint density at radius 1 is 1.17 bits per heavy atom. The van der Waals surface area contributed by atoms with E-state index in [0.717, 1.165) is 35.1 Å². The van der Waals surface area contributed by atoms with E-state index in [0.29, 0.717) is 23.2 Å². The summed E-state index contributed by atoms with van der Waals surface area (Å²) in [6.07, 6.45) is 4.14. The summed E-state index contributed by atoms with van der Waals surface area (Å²) in [7, 11) is 0. The van der Waals surface area contributed by atoms with Gasteiger partial charge in [-0.15, -0.1) is 0 Å². The number of benzene rings is 1. The first-order chi connectivity index (χ1) is 11.5. The fourth-order valence-corrected chi connectivity index (χ4v) is 4.36. The van der Waals surface area contributed by atoms with Crippen LogP contribution in [0, 0.1) is 0 Å². The van der Waals surface area contributed by atoms with Crippen molar-refractivity contribution in [3.05, 3.63) is 33.8 Å². The number of halogens is 1. The summed E-state index contributed by atoms with van der Waals surface area (Å²) in [5.41, 5.74) is 0.706. The summed E-state index contributed by atoms with van der Waals surface area (Å²) in [5, 5.41) is 6.52. The van der Waals surface area contributed by atoms with Gasteiger partial charge in [0.15, 0.2) is 0 Å². The normalized spacial score (nSPS) is 28.2. The number of carbonyl (C=O) groups is 3. The van der Waals surface area contributed by atoms with E-state index >= 15 is 0 Å². The molecule has 2 N–H and O–H groups in total. The molecule has 0 aromatic heterocycles. The average molecular weight is 392 g/mol. The quantitative estimate of drug-likeness (QED) is 0.764. The number of fused-ring (bicyclic) bond motifs is 3. The van der Waals surface area contributed by atoms with Crippen molar-refractivity contribution < 1.29 is 14.4 Å². The van der Waals surface area contributed by atoms with Gasteiger partial charge in [0.05, 0.1) is 11.1 Å². The van der Waals surface area contributed by atoms with Gasteiger partial charge in [-0.1, -0.05) is 15.9 Å². The van der Waals surface area contributed by atoms with E-state index < -0.39 is 11.8 Å². The van der Waals surface area contributed by atoms with Crippen molar-refractivity contribution in [2.75, 3.05) is 6.54 Å². The van der Waals surface area contributed by atoms with E-state index in [4.69, 9.17) is 0 Å². The lowest BCUT2D eigenvalue weighted by atomic mass is 10.00. The summed E-state index contributed by atoms with van der Waals surface area (Å²) in [6.45, 7) is -0.219. The Labute approximate surface area is 148 Å². The Morgan fingerprint density at radius 3 is 2.54 bits per heavy atom. The lowest BCUT2D eigenvalue weighted by molar-refractivity contribution is -0.122. The number of carbonyl (C=O) groups excluding carboxylic acids is 3. The predicted octanol–water partition coefficient (Wildman–Crippen LogP) is 1.44. The third-order valence-corrected chi connectivity index (χ3v) is 5.57. The highest BCUT2D eigenvalue weighted by atomic mass is 79.9. The number of hydrogen-bond acceptors (Lipinski definition) is 4. The van der Waals surface area contributed by atoms with Crippen LogP contribution in [0.3, 0.4) is 0 Å². The van der Waals surface area contributed by atoms with Gasteiger partial charge in [-0.3, -0.25) is 19.3 Å². The van der Waals surface area contributed by atoms with E-state index in [1.54, 1.807) is 18.2 Å². The van der Waals surface area contributed by atoms with Crippen LogP contribution in [0.25, 0.3) is 0 Å². The molecular weight excluding hydrogens is 374 g/mol. The molecule has 0 saturated carbocycles. The molecule has 2 unspecified atom stereocenters. The van der Waals surface area contributed by atoms with Crippen molar-refractivity contribution >= 4 is 33.7 Å². The van der Waals surface area contributed by atoms with Crippen LogP contribution in [0.1, 0.15) is 46.4 Å². The standard InChI is InChI=1S/C17H18BrN3O3/c18-9-1-4-13-14(5-9)17(24)21(16(13)23)8-15(22)20-12-6-10-2-3-11(7-12)19-10/h1,4-5,10-12,19H,2-3,6-8H2,(H,20,22).